The van der Waals surface area contributed by atoms with E-state index < -0.39 is 0 Å². The maximum atomic E-state index is 12.1. The molecule has 1 saturated heterocycles. The molecule has 2 aromatic carbocycles. The Morgan fingerprint density at radius 2 is 2.00 bits per heavy atom. The van der Waals surface area contributed by atoms with Crippen molar-refractivity contribution >= 4 is 5.91 Å². The highest BCUT2D eigenvalue weighted by Crippen LogP contribution is 2.16. The molecule has 1 atom stereocenters. The predicted molar refractivity (Wildman–Crippen MR) is 110 cm³/mol. The first-order valence-electron chi connectivity index (χ1n) is 9.88. The molecule has 1 fully saturated rings. The fraction of sp³-hybridized carbons (Fsp3) is 0.435. The zero-order chi connectivity index (χ0) is 19.9. The number of rotatable bonds is 7. The minimum atomic E-state index is -0.120. The quantitative estimate of drug-likeness (QED) is 0.799. The first kappa shape index (κ1) is 20.4. The van der Waals surface area contributed by atoms with Crippen LogP contribution < -0.4 is 10.1 Å². The van der Waals surface area contributed by atoms with Crippen LogP contribution in [0, 0.1) is 13.8 Å². The Kier molecular flexibility index (Phi) is 7.06. The molecular weight excluding hydrogens is 352 g/mol. The summed E-state index contributed by atoms with van der Waals surface area (Å²) in [5.41, 5.74) is 4.72. The van der Waals surface area contributed by atoms with Gasteiger partial charge in [-0.15, -0.1) is 0 Å². The molecule has 28 heavy (non-hydrogen) atoms. The van der Waals surface area contributed by atoms with Gasteiger partial charge in [-0.3, -0.25) is 9.69 Å². The molecule has 0 saturated carbocycles. The van der Waals surface area contributed by atoms with Crippen molar-refractivity contribution in [1.29, 1.82) is 0 Å². The number of benzene rings is 2. The number of ether oxygens (including phenoxy) is 2. The first-order valence-corrected chi connectivity index (χ1v) is 9.88. The standard InChI is InChI=1S/C23H30N2O3/c1-17-7-8-22(11-18(17)2)28-16-23(26)24-13-20-5-4-6-21(12-20)15-25-9-10-27-19(3)14-25/h4-8,11-12,19H,9-10,13-16H2,1-3H3,(H,24,26)/t19-/m1/s1. The van der Waals surface area contributed by atoms with E-state index in [1.165, 1.54) is 11.1 Å². The van der Waals surface area contributed by atoms with Crippen molar-refractivity contribution in [3.63, 3.8) is 0 Å². The van der Waals surface area contributed by atoms with Crippen molar-refractivity contribution in [2.75, 3.05) is 26.3 Å². The summed E-state index contributed by atoms with van der Waals surface area (Å²) in [6.07, 6.45) is 0.286. The smallest absolute Gasteiger partial charge is 0.258 e. The van der Waals surface area contributed by atoms with E-state index in [-0.39, 0.29) is 18.6 Å². The highest BCUT2D eigenvalue weighted by Gasteiger charge is 2.16. The summed E-state index contributed by atoms with van der Waals surface area (Å²) >= 11 is 0. The van der Waals surface area contributed by atoms with Crippen LogP contribution in [0.1, 0.15) is 29.2 Å². The van der Waals surface area contributed by atoms with Crippen molar-refractivity contribution in [2.24, 2.45) is 0 Å². The Balaban J connectivity index is 1.46. The van der Waals surface area contributed by atoms with Gasteiger partial charge in [-0.2, -0.15) is 0 Å². The number of aryl methyl sites for hydroxylation is 2. The summed E-state index contributed by atoms with van der Waals surface area (Å²) in [6.45, 7) is 10.3. The van der Waals surface area contributed by atoms with E-state index in [2.05, 4.69) is 36.2 Å². The van der Waals surface area contributed by atoms with Crippen LogP contribution in [0.4, 0.5) is 0 Å². The lowest BCUT2D eigenvalue weighted by Crippen LogP contribution is -2.40. The van der Waals surface area contributed by atoms with Gasteiger partial charge in [0.2, 0.25) is 0 Å². The van der Waals surface area contributed by atoms with Crippen molar-refractivity contribution < 1.29 is 14.3 Å². The second-order valence-corrected chi connectivity index (χ2v) is 7.55. The topological polar surface area (TPSA) is 50.8 Å². The highest BCUT2D eigenvalue weighted by atomic mass is 16.5. The minimum Gasteiger partial charge on any atom is -0.484 e. The predicted octanol–water partition coefficient (Wildman–Crippen LogP) is 3.22. The number of nitrogens with one attached hydrogen (secondary N) is 1. The molecule has 1 aliphatic rings. The zero-order valence-electron chi connectivity index (χ0n) is 17.0. The van der Waals surface area contributed by atoms with Gasteiger partial charge in [-0.1, -0.05) is 30.3 Å². The van der Waals surface area contributed by atoms with Gasteiger partial charge in [0.25, 0.3) is 5.91 Å². The minimum absolute atomic E-state index is 0.0217. The van der Waals surface area contributed by atoms with Gasteiger partial charge in [0, 0.05) is 26.2 Å². The molecule has 1 amide bonds. The van der Waals surface area contributed by atoms with Crippen LogP contribution in [0.2, 0.25) is 0 Å². The molecule has 1 aliphatic heterocycles. The number of carbonyl (C=O) groups excluding carboxylic acids is 1. The number of nitrogens with zero attached hydrogens (tertiary/aromatic N) is 1. The molecule has 150 valence electrons. The van der Waals surface area contributed by atoms with Crippen molar-refractivity contribution in [1.82, 2.24) is 10.2 Å². The van der Waals surface area contributed by atoms with E-state index in [0.717, 1.165) is 43.1 Å². The molecular formula is C23H30N2O3. The molecule has 5 nitrogen and oxygen atoms in total. The number of hydrogen-bond donors (Lipinski definition) is 1. The average Bonchev–Trinajstić information content (AvgIpc) is 2.67. The Morgan fingerprint density at radius 3 is 2.79 bits per heavy atom. The average molecular weight is 383 g/mol. The van der Waals surface area contributed by atoms with Gasteiger partial charge in [0.1, 0.15) is 5.75 Å². The number of amides is 1. The molecule has 0 spiro atoms. The third-order valence-electron chi connectivity index (χ3n) is 5.06. The molecule has 0 aliphatic carbocycles. The van der Waals surface area contributed by atoms with Crippen LogP contribution in [0.5, 0.6) is 5.75 Å². The third kappa shape index (κ3) is 6.08. The normalized spacial score (nSPS) is 17.3. The van der Waals surface area contributed by atoms with Gasteiger partial charge in [-0.05, 0) is 55.2 Å². The summed E-state index contributed by atoms with van der Waals surface area (Å²) in [5.74, 6) is 0.602. The Bertz CT molecular complexity index is 806. The Morgan fingerprint density at radius 1 is 1.18 bits per heavy atom. The summed E-state index contributed by atoms with van der Waals surface area (Å²) in [7, 11) is 0. The van der Waals surface area contributed by atoms with E-state index in [0.29, 0.717) is 6.54 Å². The monoisotopic (exact) mass is 382 g/mol. The van der Waals surface area contributed by atoms with Crippen molar-refractivity contribution in [3.05, 3.63) is 64.7 Å². The number of hydrogen-bond acceptors (Lipinski definition) is 4. The second-order valence-electron chi connectivity index (χ2n) is 7.55. The molecule has 0 unspecified atom stereocenters. The van der Waals surface area contributed by atoms with Crippen molar-refractivity contribution in [2.45, 2.75) is 40.0 Å². The van der Waals surface area contributed by atoms with E-state index in [4.69, 9.17) is 9.47 Å². The van der Waals surface area contributed by atoms with Crippen molar-refractivity contribution in [3.8, 4) is 5.75 Å². The molecule has 2 aromatic rings. The van der Waals surface area contributed by atoms with E-state index in [1.54, 1.807) is 0 Å². The van der Waals surface area contributed by atoms with E-state index in [9.17, 15) is 4.79 Å². The summed E-state index contributed by atoms with van der Waals surface area (Å²) in [6, 6.07) is 14.2. The van der Waals surface area contributed by atoms with Crippen LogP contribution in [0.15, 0.2) is 42.5 Å². The fourth-order valence-electron chi connectivity index (χ4n) is 3.33. The van der Waals surface area contributed by atoms with Gasteiger partial charge in [-0.25, -0.2) is 0 Å². The zero-order valence-corrected chi connectivity index (χ0v) is 17.0. The van der Waals surface area contributed by atoms with E-state index in [1.807, 2.05) is 37.3 Å². The second kappa shape index (κ2) is 9.71. The lowest BCUT2D eigenvalue weighted by atomic mass is 10.1. The third-order valence-corrected chi connectivity index (χ3v) is 5.06. The largest absolute Gasteiger partial charge is 0.484 e. The van der Waals surface area contributed by atoms with Gasteiger partial charge in [0.05, 0.1) is 12.7 Å². The van der Waals surface area contributed by atoms with Gasteiger partial charge in [0.15, 0.2) is 6.61 Å². The maximum Gasteiger partial charge on any atom is 0.258 e. The summed E-state index contributed by atoms with van der Waals surface area (Å²) < 4.78 is 11.2. The molecule has 0 aromatic heterocycles. The first-order chi connectivity index (χ1) is 13.5. The van der Waals surface area contributed by atoms with Gasteiger partial charge < -0.3 is 14.8 Å². The van der Waals surface area contributed by atoms with Crippen LogP contribution >= 0.6 is 0 Å². The van der Waals surface area contributed by atoms with Crippen LogP contribution in [0.25, 0.3) is 0 Å². The van der Waals surface area contributed by atoms with E-state index >= 15 is 0 Å². The fourth-order valence-corrected chi connectivity index (χ4v) is 3.33. The molecule has 0 radical (unpaired) electrons. The Labute approximate surface area is 167 Å². The molecule has 1 heterocycles. The van der Waals surface area contributed by atoms with Gasteiger partial charge >= 0.3 is 0 Å². The Hall–Kier alpha value is -2.37. The van der Waals surface area contributed by atoms with Crippen LogP contribution in [-0.4, -0.2) is 43.2 Å². The van der Waals surface area contributed by atoms with Crippen LogP contribution in [-0.2, 0) is 22.6 Å². The summed E-state index contributed by atoms with van der Waals surface area (Å²) in [4.78, 5) is 14.5. The molecule has 5 heteroatoms. The van der Waals surface area contributed by atoms with Crippen LogP contribution in [0.3, 0.4) is 0 Å². The maximum absolute atomic E-state index is 12.1. The number of morpholine rings is 1. The SMILES string of the molecule is Cc1ccc(OCC(=O)NCc2cccc(CN3CCO[C@H](C)C3)c2)cc1C. The summed E-state index contributed by atoms with van der Waals surface area (Å²) in [5, 5.41) is 2.94. The molecule has 1 N–H and O–H groups in total. The highest BCUT2D eigenvalue weighted by molar-refractivity contribution is 5.77. The molecule has 0 bridgehead atoms. The lowest BCUT2D eigenvalue weighted by Gasteiger charge is -2.31. The number of carbonyl (C=O) groups is 1. The molecule has 3 rings (SSSR count). The lowest BCUT2D eigenvalue weighted by molar-refractivity contribution is -0.123.